The number of hydrogen-bond acceptors (Lipinski definition) is 3. The number of aromatic hydroxyl groups is 1. The van der Waals surface area contributed by atoms with Crippen LogP contribution in [0.5, 0.6) is 5.75 Å². The van der Waals surface area contributed by atoms with Gasteiger partial charge in [-0.25, -0.2) is 0 Å². The smallest absolute Gasteiger partial charge is 0.159 e. The minimum atomic E-state index is 0.186. The predicted octanol–water partition coefficient (Wildman–Crippen LogP) is 5.86. The van der Waals surface area contributed by atoms with E-state index < -0.39 is 0 Å². The molecule has 21 heavy (non-hydrogen) atoms. The van der Waals surface area contributed by atoms with Crippen molar-refractivity contribution in [2.75, 3.05) is 15.9 Å². The lowest BCUT2D eigenvalue weighted by Crippen LogP contribution is -2.22. The minimum Gasteiger partial charge on any atom is -0.504 e. The standard InChI is InChI=1S/C16H15ClINOS/c17-11-7-8-14-15(16(11)20)19(10-4-3-9-18)12-5-1-2-6-13(12)21-14/h1-2,5-8,20H,3-4,9-10H2. The summed E-state index contributed by atoms with van der Waals surface area (Å²) in [7, 11) is 0. The van der Waals surface area contributed by atoms with Gasteiger partial charge in [0.1, 0.15) is 0 Å². The first-order valence-corrected chi connectivity index (χ1v) is 9.56. The van der Waals surface area contributed by atoms with Crippen LogP contribution in [0, 0.1) is 0 Å². The third kappa shape index (κ3) is 2.98. The number of anilines is 2. The fraction of sp³-hybridized carbons (Fsp3) is 0.250. The van der Waals surface area contributed by atoms with Crippen LogP contribution < -0.4 is 4.90 Å². The topological polar surface area (TPSA) is 23.5 Å². The first-order chi connectivity index (χ1) is 10.2. The summed E-state index contributed by atoms with van der Waals surface area (Å²) in [5, 5.41) is 10.8. The van der Waals surface area contributed by atoms with Gasteiger partial charge in [0.05, 0.1) is 16.4 Å². The highest BCUT2D eigenvalue weighted by Crippen LogP contribution is 2.53. The molecule has 0 saturated heterocycles. The van der Waals surface area contributed by atoms with Crippen LogP contribution in [0.3, 0.4) is 0 Å². The number of nitrogens with zero attached hydrogens (tertiary/aromatic N) is 1. The Morgan fingerprint density at radius 2 is 1.90 bits per heavy atom. The molecule has 2 aromatic carbocycles. The van der Waals surface area contributed by atoms with Crippen LogP contribution in [-0.2, 0) is 0 Å². The first kappa shape index (κ1) is 15.3. The molecule has 2 nitrogen and oxygen atoms in total. The monoisotopic (exact) mass is 431 g/mol. The molecule has 0 unspecified atom stereocenters. The normalized spacial score (nSPS) is 13.0. The van der Waals surface area contributed by atoms with Crippen molar-refractivity contribution in [2.24, 2.45) is 0 Å². The molecule has 2 aromatic rings. The molecule has 0 bridgehead atoms. The molecule has 0 aliphatic carbocycles. The highest BCUT2D eigenvalue weighted by atomic mass is 127. The van der Waals surface area contributed by atoms with Gasteiger partial charge in [-0.15, -0.1) is 0 Å². The Hall–Kier alpha value is -0.590. The largest absolute Gasteiger partial charge is 0.504 e. The second kappa shape index (κ2) is 6.67. The molecular formula is C16H15ClINOS. The summed E-state index contributed by atoms with van der Waals surface area (Å²) in [4.78, 5) is 4.49. The van der Waals surface area contributed by atoms with E-state index in [1.165, 1.54) is 11.3 Å². The van der Waals surface area contributed by atoms with Crippen molar-refractivity contribution in [1.82, 2.24) is 0 Å². The van der Waals surface area contributed by atoms with Crippen molar-refractivity contribution in [2.45, 2.75) is 22.6 Å². The lowest BCUT2D eigenvalue weighted by Gasteiger charge is -2.33. The molecule has 0 spiro atoms. The van der Waals surface area contributed by atoms with Gasteiger partial charge in [0.15, 0.2) is 5.75 Å². The summed E-state index contributed by atoms with van der Waals surface area (Å²) in [5.41, 5.74) is 2.00. The van der Waals surface area contributed by atoms with E-state index in [4.69, 9.17) is 11.6 Å². The number of hydrogen-bond donors (Lipinski definition) is 1. The van der Waals surface area contributed by atoms with Gasteiger partial charge in [-0.1, -0.05) is 58.1 Å². The van der Waals surface area contributed by atoms with E-state index in [2.05, 4.69) is 45.7 Å². The van der Waals surface area contributed by atoms with Crippen molar-refractivity contribution < 1.29 is 5.11 Å². The zero-order valence-corrected chi connectivity index (χ0v) is 15.1. The fourth-order valence-corrected chi connectivity index (χ4v) is 4.28. The van der Waals surface area contributed by atoms with E-state index in [0.29, 0.717) is 5.02 Å². The van der Waals surface area contributed by atoms with Crippen molar-refractivity contribution >= 4 is 57.3 Å². The van der Waals surface area contributed by atoms with Crippen LogP contribution in [-0.4, -0.2) is 16.1 Å². The molecule has 1 heterocycles. The Kier molecular flexibility index (Phi) is 4.86. The van der Waals surface area contributed by atoms with Gasteiger partial charge < -0.3 is 10.0 Å². The van der Waals surface area contributed by atoms with Gasteiger partial charge in [-0.2, -0.15) is 0 Å². The number of phenols is 1. The van der Waals surface area contributed by atoms with Crippen LogP contribution in [0.4, 0.5) is 11.4 Å². The van der Waals surface area contributed by atoms with E-state index in [9.17, 15) is 5.11 Å². The van der Waals surface area contributed by atoms with Gasteiger partial charge in [-0.05, 0) is 41.5 Å². The van der Waals surface area contributed by atoms with Crippen LogP contribution in [0.15, 0.2) is 46.2 Å². The van der Waals surface area contributed by atoms with Crippen LogP contribution in [0.2, 0.25) is 5.02 Å². The van der Waals surface area contributed by atoms with Crippen molar-refractivity contribution in [3.05, 3.63) is 41.4 Å². The van der Waals surface area contributed by atoms with Crippen molar-refractivity contribution in [3.63, 3.8) is 0 Å². The predicted molar refractivity (Wildman–Crippen MR) is 98.8 cm³/mol. The Morgan fingerprint density at radius 3 is 2.71 bits per heavy atom. The van der Waals surface area contributed by atoms with Crippen LogP contribution >= 0.6 is 46.0 Å². The molecule has 0 amide bonds. The third-order valence-electron chi connectivity index (χ3n) is 3.48. The number of unbranched alkanes of at least 4 members (excludes halogenated alkanes) is 1. The zero-order valence-electron chi connectivity index (χ0n) is 11.4. The average Bonchev–Trinajstić information content (AvgIpc) is 2.50. The van der Waals surface area contributed by atoms with E-state index in [1.807, 2.05) is 12.1 Å². The highest BCUT2D eigenvalue weighted by molar-refractivity contribution is 14.1. The summed E-state index contributed by atoms with van der Waals surface area (Å²) in [6.45, 7) is 0.890. The maximum atomic E-state index is 10.4. The van der Waals surface area contributed by atoms with Crippen LogP contribution in [0.1, 0.15) is 12.8 Å². The van der Waals surface area contributed by atoms with Gasteiger partial charge in [0.2, 0.25) is 0 Å². The summed E-state index contributed by atoms with van der Waals surface area (Å²) in [6, 6.07) is 12.1. The summed E-state index contributed by atoms with van der Waals surface area (Å²) in [5.74, 6) is 0.186. The Balaban J connectivity index is 2.06. The van der Waals surface area contributed by atoms with Crippen molar-refractivity contribution in [3.8, 4) is 5.75 Å². The number of halogens is 2. The van der Waals surface area contributed by atoms with Gasteiger partial charge in [0, 0.05) is 16.3 Å². The summed E-state index contributed by atoms with van der Waals surface area (Å²) >= 11 is 10.2. The van der Waals surface area contributed by atoms with E-state index >= 15 is 0 Å². The molecule has 0 fully saturated rings. The summed E-state index contributed by atoms with van der Waals surface area (Å²) < 4.78 is 1.15. The van der Waals surface area contributed by atoms with Gasteiger partial charge >= 0.3 is 0 Å². The van der Waals surface area contributed by atoms with Crippen LogP contribution in [0.25, 0.3) is 0 Å². The first-order valence-electron chi connectivity index (χ1n) is 6.84. The molecule has 3 rings (SSSR count). The highest BCUT2D eigenvalue weighted by Gasteiger charge is 2.26. The van der Waals surface area contributed by atoms with Gasteiger partial charge in [-0.3, -0.25) is 0 Å². The lowest BCUT2D eigenvalue weighted by molar-refractivity contribution is 0.473. The SMILES string of the molecule is Oc1c(Cl)ccc2c1N(CCCCI)c1ccccc1S2. The number of rotatable bonds is 4. The number of fused-ring (bicyclic) bond motifs is 2. The molecule has 1 aliphatic rings. The maximum Gasteiger partial charge on any atom is 0.159 e. The van der Waals surface area contributed by atoms with E-state index in [0.717, 1.165) is 33.7 Å². The molecule has 0 aromatic heterocycles. The molecule has 0 atom stereocenters. The molecule has 0 radical (unpaired) electrons. The number of benzene rings is 2. The third-order valence-corrected chi connectivity index (χ3v) is 5.66. The molecular weight excluding hydrogens is 417 g/mol. The fourth-order valence-electron chi connectivity index (χ4n) is 2.48. The second-order valence-electron chi connectivity index (χ2n) is 4.86. The van der Waals surface area contributed by atoms with Crippen molar-refractivity contribution in [1.29, 1.82) is 0 Å². The van der Waals surface area contributed by atoms with Gasteiger partial charge in [0.25, 0.3) is 0 Å². The Bertz CT molecular complexity index is 665. The quantitative estimate of drug-likeness (QED) is 0.372. The number of phenolic OH excluding ortho intramolecular Hbond substituents is 1. The maximum absolute atomic E-state index is 10.4. The number of alkyl halides is 1. The van der Waals surface area contributed by atoms with E-state index in [-0.39, 0.29) is 5.75 Å². The Morgan fingerprint density at radius 1 is 1.10 bits per heavy atom. The average molecular weight is 432 g/mol. The lowest BCUT2D eigenvalue weighted by atomic mass is 10.2. The minimum absolute atomic E-state index is 0.186. The molecule has 1 N–H and O–H groups in total. The molecule has 5 heteroatoms. The Labute approximate surface area is 147 Å². The molecule has 0 saturated carbocycles. The number of para-hydroxylation sites is 1. The zero-order chi connectivity index (χ0) is 14.8. The van der Waals surface area contributed by atoms with E-state index in [1.54, 1.807) is 17.8 Å². The molecule has 110 valence electrons. The summed E-state index contributed by atoms with van der Waals surface area (Å²) in [6.07, 6.45) is 2.26. The molecule has 1 aliphatic heterocycles. The second-order valence-corrected chi connectivity index (χ2v) is 7.43.